The number of anilines is 1. The van der Waals surface area contributed by atoms with Gasteiger partial charge >= 0.3 is 16.4 Å². The third-order valence-electron chi connectivity index (χ3n) is 2.07. The monoisotopic (exact) mass is 320 g/mol. The standard InChI is InChI=1S/C12H17FN2O5S/c1-12(2,3)20-11(16)15-9-4-5-10(13)8(6-9)7-19-21(14,17)18/h4-6H,7H2,1-3H3,(H,15,16)(H2,14,17,18). The molecule has 0 saturated carbocycles. The summed E-state index contributed by atoms with van der Waals surface area (Å²) < 4.78 is 44.2. The Morgan fingerprint density at radius 2 is 2.00 bits per heavy atom. The highest BCUT2D eigenvalue weighted by Crippen LogP contribution is 2.17. The first kappa shape index (κ1) is 17.3. The Balaban J connectivity index is 2.79. The van der Waals surface area contributed by atoms with Crippen LogP contribution in [-0.2, 0) is 25.8 Å². The highest BCUT2D eigenvalue weighted by atomic mass is 32.2. The number of amides is 1. The van der Waals surface area contributed by atoms with Crippen molar-refractivity contribution in [1.82, 2.24) is 0 Å². The second-order valence-electron chi connectivity index (χ2n) is 5.19. The maximum Gasteiger partial charge on any atom is 0.412 e. The minimum atomic E-state index is -4.18. The molecule has 0 radical (unpaired) electrons. The van der Waals surface area contributed by atoms with E-state index >= 15 is 0 Å². The fraction of sp³-hybridized carbons (Fsp3) is 0.417. The highest BCUT2D eigenvalue weighted by Gasteiger charge is 2.17. The molecule has 0 unspecified atom stereocenters. The van der Waals surface area contributed by atoms with Crippen LogP contribution in [0.3, 0.4) is 0 Å². The van der Waals surface area contributed by atoms with Crippen molar-refractivity contribution in [3.63, 3.8) is 0 Å². The zero-order chi connectivity index (χ0) is 16.3. The number of ether oxygens (including phenoxy) is 1. The molecule has 0 bridgehead atoms. The maximum atomic E-state index is 13.5. The van der Waals surface area contributed by atoms with E-state index in [2.05, 4.69) is 14.6 Å². The van der Waals surface area contributed by atoms with Crippen LogP contribution in [0.25, 0.3) is 0 Å². The van der Waals surface area contributed by atoms with Crippen molar-refractivity contribution >= 4 is 22.1 Å². The van der Waals surface area contributed by atoms with Gasteiger partial charge in [0.25, 0.3) is 0 Å². The molecule has 3 N–H and O–H groups in total. The molecular formula is C12H17FN2O5S. The first-order chi connectivity index (χ1) is 9.46. The van der Waals surface area contributed by atoms with Crippen LogP contribution in [0, 0.1) is 5.82 Å². The Kier molecular flexibility index (Phi) is 5.26. The summed E-state index contributed by atoms with van der Waals surface area (Å²) in [7, 11) is -4.18. The summed E-state index contributed by atoms with van der Waals surface area (Å²) >= 11 is 0. The van der Waals surface area contributed by atoms with E-state index in [0.717, 1.165) is 6.07 Å². The van der Waals surface area contributed by atoms with E-state index in [0.29, 0.717) is 0 Å². The highest BCUT2D eigenvalue weighted by molar-refractivity contribution is 7.84. The van der Waals surface area contributed by atoms with Crippen molar-refractivity contribution in [3.8, 4) is 0 Å². The van der Waals surface area contributed by atoms with Crippen LogP contribution in [0.15, 0.2) is 18.2 Å². The van der Waals surface area contributed by atoms with Crippen molar-refractivity contribution in [2.75, 3.05) is 5.32 Å². The van der Waals surface area contributed by atoms with Gasteiger partial charge in [-0.2, -0.15) is 8.42 Å². The summed E-state index contributed by atoms with van der Waals surface area (Å²) in [6.45, 7) is 4.52. The van der Waals surface area contributed by atoms with Crippen LogP contribution >= 0.6 is 0 Å². The molecule has 21 heavy (non-hydrogen) atoms. The number of carbonyl (C=O) groups excluding carboxylic acids is 1. The Morgan fingerprint density at radius 3 is 2.52 bits per heavy atom. The molecule has 9 heteroatoms. The van der Waals surface area contributed by atoms with E-state index in [1.54, 1.807) is 20.8 Å². The van der Waals surface area contributed by atoms with Gasteiger partial charge < -0.3 is 4.74 Å². The second-order valence-corrected chi connectivity index (χ2v) is 6.41. The molecule has 118 valence electrons. The van der Waals surface area contributed by atoms with Gasteiger partial charge in [0, 0.05) is 11.3 Å². The van der Waals surface area contributed by atoms with E-state index in [-0.39, 0.29) is 11.3 Å². The zero-order valence-corrected chi connectivity index (χ0v) is 12.7. The third-order valence-corrected chi connectivity index (χ3v) is 2.52. The van der Waals surface area contributed by atoms with E-state index in [1.165, 1.54) is 12.1 Å². The predicted octanol–water partition coefficient (Wildman–Crippen LogP) is 1.89. The SMILES string of the molecule is CC(C)(C)OC(=O)Nc1ccc(F)c(COS(N)(=O)=O)c1. The average molecular weight is 320 g/mol. The minimum Gasteiger partial charge on any atom is -0.444 e. The first-order valence-corrected chi connectivity index (χ1v) is 7.39. The number of hydrogen-bond acceptors (Lipinski definition) is 5. The third kappa shape index (κ3) is 7.02. The molecule has 1 aromatic rings. The van der Waals surface area contributed by atoms with E-state index < -0.39 is 34.4 Å². The number of rotatable bonds is 4. The van der Waals surface area contributed by atoms with Gasteiger partial charge in [-0.15, -0.1) is 0 Å². The molecule has 0 heterocycles. The van der Waals surface area contributed by atoms with Gasteiger partial charge in [-0.05, 0) is 39.0 Å². The molecule has 0 saturated heterocycles. The van der Waals surface area contributed by atoms with Gasteiger partial charge in [0.1, 0.15) is 11.4 Å². The van der Waals surface area contributed by atoms with Gasteiger partial charge in [-0.1, -0.05) is 0 Å². The Hall–Kier alpha value is -1.71. The molecule has 0 aromatic heterocycles. The molecule has 0 atom stereocenters. The van der Waals surface area contributed by atoms with Crippen molar-refractivity contribution in [1.29, 1.82) is 0 Å². The Bertz CT molecular complexity index is 625. The summed E-state index contributed by atoms with van der Waals surface area (Å²) in [5.41, 5.74) is -0.514. The van der Waals surface area contributed by atoms with Crippen molar-refractivity contribution in [2.45, 2.75) is 33.0 Å². The summed E-state index contributed by atoms with van der Waals surface area (Å²) in [5.74, 6) is -0.687. The lowest BCUT2D eigenvalue weighted by Gasteiger charge is -2.19. The number of carbonyl (C=O) groups is 1. The molecule has 0 aliphatic rings. The lowest BCUT2D eigenvalue weighted by Crippen LogP contribution is -2.27. The Morgan fingerprint density at radius 1 is 1.38 bits per heavy atom. The number of benzene rings is 1. The lowest BCUT2D eigenvalue weighted by molar-refractivity contribution is 0.0636. The number of hydrogen-bond donors (Lipinski definition) is 2. The van der Waals surface area contributed by atoms with Gasteiger partial charge in [0.2, 0.25) is 0 Å². The molecular weight excluding hydrogens is 303 g/mol. The van der Waals surface area contributed by atoms with Crippen LogP contribution in [0.2, 0.25) is 0 Å². The molecule has 1 aromatic carbocycles. The molecule has 0 fully saturated rings. The molecule has 1 rings (SSSR count). The topological polar surface area (TPSA) is 108 Å². The van der Waals surface area contributed by atoms with Crippen LogP contribution in [0.4, 0.5) is 14.9 Å². The largest absolute Gasteiger partial charge is 0.444 e. The molecule has 0 aliphatic heterocycles. The summed E-state index contributed by atoms with van der Waals surface area (Å²) in [5, 5.41) is 7.06. The van der Waals surface area contributed by atoms with Crippen LogP contribution in [-0.4, -0.2) is 20.1 Å². The van der Waals surface area contributed by atoms with E-state index in [9.17, 15) is 17.6 Å². The van der Waals surface area contributed by atoms with Gasteiger partial charge in [0.15, 0.2) is 0 Å². The molecule has 0 spiro atoms. The average Bonchev–Trinajstić information content (AvgIpc) is 2.26. The van der Waals surface area contributed by atoms with Gasteiger partial charge in [-0.25, -0.2) is 14.3 Å². The van der Waals surface area contributed by atoms with Crippen molar-refractivity contribution < 1.29 is 26.5 Å². The first-order valence-electron chi connectivity index (χ1n) is 5.92. The summed E-state index contributed by atoms with van der Waals surface area (Å²) in [6.07, 6.45) is -0.715. The smallest absolute Gasteiger partial charge is 0.412 e. The van der Waals surface area contributed by atoms with Crippen molar-refractivity contribution in [3.05, 3.63) is 29.6 Å². The van der Waals surface area contributed by atoms with Crippen molar-refractivity contribution in [2.24, 2.45) is 5.14 Å². The number of halogens is 1. The van der Waals surface area contributed by atoms with Gasteiger partial charge in [-0.3, -0.25) is 9.50 Å². The minimum absolute atomic E-state index is 0.0717. The lowest BCUT2D eigenvalue weighted by atomic mass is 10.2. The van der Waals surface area contributed by atoms with Crippen LogP contribution in [0.5, 0.6) is 0 Å². The maximum absolute atomic E-state index is 13.5. The van der Waals surface area contributed by atoms with Gasteiger partial charge in [0.05, 0.1) is 6.61 Å². The molecule has 0 aliphatic carbocycles. The number of nitrogens with one attached hydrogen (secondary N) is 1. The predicted molar refractivity (Wildman–Crippen MR) is 74.2 cm³/mol. The van der Waals surface area contributed by atoms with E-state index in [4.69, 9.17) is 4.74 Å². The fourth-order valence-corrected chi connectivity index (χ4v) is 1.62. The molecule has 1 amide bonds. The zero-order valence-electron chi connectivity index (χ0n) is 11.8. The fourth-order valence-electron chi connectivity index (χ4n) is 1.33. The van der Waals surface area contributed by atoms with Crippen LogP contribution in [0.1, 0.15) is 26.3 Å². The molecule has 7 nitrogen and oxygen atoms in total. The van der Waals surface area contributed by atoms with E-state index in [1.807, 2.05) is 0 Å². The normalized spacial score (nSPS) is 12.0. The summed E-state index contributed by atoms with van der Waals surface area (Å²) in [6, 6.07) is 3.60. The quantitative estimate of drug-likeness (QED) is 0.881. The second kappa shape index (κ2) is 6.37. The van der Waals surface area contributed by atoms with Crippen LogP contribution < -0.4 is 10.5 Å². The number of nitrogens with two attached hydrogens (primary N) is 1. The Labute approximate surface area is 122 Å². The summed E-state index contributed by atoms with van der Waals surface area (Å²) in [4.78, 5) is 11.6.